The van der Waals surface area contributed by atoms with Crippen LogP contribution in [0, 0.1) is 0 Å². The van der Waals surface area contributed by atoms with Crippen molar-refractivity contribution in [3.63, 3.8) is 0 Å². The van der Waals surface area contributed by atoms with Crippen molar-refractivity contribution in [3.8, 4) is 0 Å². The van der Waals surface area contributed by atoms with Crippen molar-refractivity contribution in [2.45, 2.75) is 37.6 Å². The Balaban J connectivity index is 0.000000775. The Morgan fingerprint density at radius 2 is 2.06 bits per heavy atom. The molecule has 2 aliphatic rings. The van der Waals surface area contributed by atoms with Gasteiger partial charge in [0.2, 0.25) is 5.91 Å². The smallest absolute Gasteiger partial charge is 0.290 e. The van der Waals surface area contributed by atoms with Gasteiger partial charge in [0.15, 0.2) is 6.10 Å². The first-order valence-electron chi connectivity index (χ1n) is 10.2. The van der Waals surface area contributed by atoms with Crippen molar-refractivity contribution >= 4 is 29.3 Å². The van der Waals surface area contributed by atoms with E-state index in [0.717, 1.165) is 29.4 Å². The predicted molar refractivity (Wildman–Crippen MR) is 113 cm³/mol. The Morgan fingerprint density at radius 3 is 2.75 bits per heavy atom. The van der Waals surface area contributed by atoms with Gasteiger partial charge in [0.1, 0.15) is 12.4 Å². The summed E-state index contributed by atoms with van der Waals surface area (Å²) in [4.78, 5) is 47.6. The predicted octanol–water partition coefficient (Wildman–Crippen LogP) is 1.41. The van der Waals surface area contributed by atoms with Gasteiger partial charge in [0, 0.05) is 18.4 Å². The number of imidazole rings is 1. The van der Waals surface area contributed by atoms with Crippen molar-refractivity contribution in [1.82, 2.24) is 25.2 Å². The lowest BCUT2D eigenvalue weighted by Crippen LogP contribution is -2.55. The number of aromatic nitrogens is 3. The molecule has 0 radical (unpaired) electrons. The van der Waals surface area contributed by atoms with Crippen molar-refractivity contribution in [1.29, 1.82) is 0 Å². The molecule has 10 heteroatoms. The van der Waals surface area contributed by atoms with Gasteiger partial charge in [-0.1, -0.05) is 18.2 Å². The van der Waals surface area contributed by atoms with E-state index in [4.69, 9.17) is 14.6 Å². The fourth-order valence-corrected chi connectivity index (χ4v) is 3.88. The fraction of sp³-hybridized carbons (Fsp3) is 0.318. The van der Waals surface area contributed by atoms with Crippen molar-refractivity contribution in [3.05, 3.63) is 60.2 Å². The first-order chi connectivity index (χ1) is 15.6. The van der Waals surface area contributed by atoms with Crippen LogP contribution in [-0.4, -0.2) is 62.0 Å². The second kappa shape index (κ2) is 9.56. The molecule has 0 spiro atoms. The topological polar surface area (TPSA) is 138 Å². The number of carbonyl (C=O) groups excluding carboxylic acids is 2. The summed E-state index contributed by atoms with van der Waals surface area (Å²) in [5, 5.41) is 9.80. The molecule has 166 valence electrons. The maximum absolute atomic E-state index is 13.0. The molecule has 3 aromatic rings. The Labute approximate surface area is 183 Å². The van der Waals surface area contributed by atoms with E-state index in [-0.39, 0.29) is 37.5 Å². The Bertz CT molecular complexity index is 1070. The van der Waals surface area contributed by atoms with E-state index >= 15 is 0 Å². The summed E-state index contributed by atoms with van der Waals surface area (Å²) in [6, 6.07) is 11.1. The normalized spacial score (nSPS) is 20.4. The van der Waals surface area contributed by atoms with E-state index in [9.17, 15) is 9.59 Å². The van der Waals surface area contributed by atoms with E-state index in [0.29, 0.717) is 5.82 Å². The molecule has 1 aliphatic heterocycles. The quantitative estimate of drug-likeness (QED) is 0.513. The number of rotatable bonds is 5. The van der Waals surface area contributed by atoms with Gasteiger partial charge in [-0.05, 0) is 36.6 Å². The summed E-state index contributed by atoms with van der Waals surface area (Å²) in [7, 11) is 0. The summed E-state index contributed by atoms with van der Waals surface area (Å²) in [6.45, 7) is -0.0828. The maximum Gasteiger partial charge on any atom is 0.290 e. The minimum absolute atomic E-state index is 0.0808. The maximum atomic E-state index is 13.0. The average Bonchev–Trinajstić information content (AvgIpc) is 3.56. The molecular weight excluding hydrogens is 414 g/mol. The molecule has 1 saturated carbocycles. The van der Waals surface area contributed by atoms with Crippen LogP contribution >= 0.6 is 0 Å². The van der Waals surface area contributed by atoms with E-state index in [2.05, 4.69) is 20.3 Å². The number of para-hydroxylation sites is 2. The number of pyridine rings is 1. The number of H-pyrrole nitrogens is 1. The highest BCUT2D eigenvalue weighted by atomic mass is 16.5. The largest absolute Gasteiger partial charge is 0.483 e. The van der Waals surface area contributed by atoms with Crippen LogP contribution < -0.4 is 5.32 Å². The summed E-state index contributed by atoms with van der Waals surface area (Å²) in [5.41, 5.74) is 2.57. The second-order valence-corrected chi connectivity index (χ2v) is 7.52. The van der Waals surface area contributed by atoms with E-state index in [1.807, 2.05) is 41.3 Å². The van der Waals surface area contributed by atoms with Gasteiger partial charge in [-0.15, -0.1) is 0 Å². The number of benzene rings is 1. The minimum atomic E-state index is -0.790. The van der Waals surface area contributed by atoms with Crippen LogP contribution in [0.25, 0.3) is 11.0 Å². The molecule has 32 heavy (non-hydrogen) atoms. The average molecular weight is 437 g/mol. The lowest BCUT2D eigenvalue weighted by Gasteiger charge is -2.40. The number of hydrogen-bond acceptors (Lipinski definition) is 6. The number of ether oxygens (including phenoxy) is 1. The minimum Gasteiger partial charge on any atom is -0.483 e. The molecular formula is C22H23N5O5. The molecule has 1 aromatic carbocycles. The van der Waals surface area contributed by atoms with Gasteiger partial charge in [-0.3, -0.25) is 19.4 Å². The highest BCUT2D eigenvalue weighted by Gasteiger charge is 2.47. The number of carboxylic acid groups (broad SMARTS) is 1. The van der Waals surface area contributed by atoms with Crippen LogP contribution in [0.15, 0.2) is 48.8 Å². The molecule has 1 saturated heterocycles. The Kier molecular flexibility index (Phi) is 6.41. The number of nitrogens with one attached hydrogen (secondary N) is 2. The van der Waals surface area contributed by atoms with Crippen LogP contribution in [0.5, 0.6) is 0 Å². The van der Waals surface area contributed by atoms with E-state index in [1.165, 1.54) is 0 Å². The third-order valence-electron chi connectivity index (χ3n) is 5.35. The first-order valence-corrected chi connectivity index (χ1v) is 10.2. The van der Waals surface area contributed by atoms with E-state index in [1.54, 1.807) is 12.4 Å². The van der Waals surface area contributed by atoms with Gasteiger partial charge >= 0.3 is 0 Å². The fourth-order valence-electron chi connectivity index (χ4n) is 3.88. The second-order valence-electron chi connectivity index (χ2n) is 7.52. The number of carbonyl (C=O) groups is 3. The number of morpholine rings is 1. The number of amides is 2. The molecule has 2 amide bonds. The van der Waals surface area contributed by atoms with Gasteiger partial charge in [0.25, 0.3) is 12.4 Å². The number of fused-ring (bicyclic) bond motifs is 1. The van der Waals surface area contributed by atoms with Crippen LogP contribution in [0.4, 0.5) is 0 Å². The third-order valence-corrected chi connectivity index (χ3v) is 5.35. The van der Waals surface area contributed by atoms with Crippen LogP contribution in [0.1, 0.15) is 30.3 Å². The molecule has 2 aromatic heterocycles. The highest BCUT2D eigenvalue weighted by molar-refractivity contribution is 5.86. The summed E-state index contributed by atoms with van der Waals surface area (Å²) in [5.74, 6) is 0.323. The van der Waals surface area contributed by atoms with Crippen molar-refractivity contribution in [2.75, 3.05) is 6.61 Å². The van der Waals surface area contributed by atoms with Gasteiger partial charge in [-0.2, -0.15) is 0 Å². The lowest BCUT2D eigenvalue weighted by molar-refractivity contribution is -0.165. The van der Waals surface area contributed by atoms with Crippen molar-refractivity contribution in [2.24, 2.45) is 0 Å². The standard InChI is InChI=1S/C21H21N5O3.CH2O2/c27-18-12-29-20(19(26(18)14-7-8-14)13-4-3-9-22-10-13)21(28)23-11-17-24-15-5-1-2-6-16(15)25-17;2-1-3/h1-6,9-10,14,19-20H,7-8,11-12H2,(H,23,28)(H,24,25);1H,(H,2,3)/t19-,20+;/m1./s1. The molecule has 5 rings (SSSR count). The molecule has 0 unspecified atom stereocenters. The molecule has 2 atom stereocenters. The Morgan fingerprint density at radius 1 is 1.28 bits per heavy atom. The number of nitrogens with zero attached hydrogens (tertiary/aromatic N) is 3. The SMILES string of the molecule is O=C(NCc1nc2ccccc2[nH]1)[C@H]1OCC(=O)N(C2CC2)[C@@H]1c1cccnc1.O=CO. The molecule has 10 nitrogen and oxygen atoms in total. The first kappa shape index (κ1) is 21.4. The molecule has 2 fully saturated rings. The zero-order valence-electron chi connectivity index (χ0n) is 17.2. The van der Waals surface area contributed by atoms with Gasteiger partial charge in [-0.25, -0.2) is 4.98 Å². The Hall–Kier alpha value is -3.79. The summed E-state index contributed by atoms with van der Waals surface area (Å²) < 4.78 is 5.71. The van der Waals surface area contributed by atoms with Crippen LogP contribution in [0.3, 0.4) is 0 Å². The lowest BCUT2D eigenvalue weighted by atomic mass is 9.98. The zero-order valence-corrected chi connectivity index (χ0v) is 17.2. The molecule has 3 heterocycles. The summed E-state index contributed by atoms with van der Waals surface area (Å²) >= 11 is 0. The van der Waals surface area contributed by atoms with Gasteiger partial charge in [0.05, 0.1) is 23.6 Å². The third kappa shape index (κ3) is 4.59. The monoisotopic (exact) mass is 437 g/mol. The summed E-state index contributed by atoms with van der Waals surface area (Å²) in [6.07, 6.45) is 4.49. The van der Waals surface area contributed by atoms with Crippen LogP contribution in [0.2, 0.25) is 0 Å². The zero-order chi connectivity index (χ0) is 22.5. The van der Waals surface area contributed by atoms with Gasteiger partial charge < -0.3 is 25.0 Å². The van der Waals surface area contributed by atoms with E-state index < -0.39 is 12.1 Å². The highest BCUT2D eigenvalue weighted by Crippen LogP contribution is 2.39. The van der Waals surface area contributed by atoms with Crippen molar-refractivity contribution < 1.29 is 24.2 Å². The number of aromatic amines is 1. The molecule has 1 aliphatic carbocycles. The molecule has 3 N–H and O–H groups in total. The molecule has 0 bridgehead atoms. The van der Waals surface area contributed by atoms with Crippen LogP contribution in [-0.2, 0) is 25.7 Å². The number of hydrogen-bond donors (Lipinski definition) is 3.